The van der Waals surface area contributed by atoms with Crippen molar-refractivity contribution in [1.29, 1.82) is 5.26 Å². The third-order valence-corrected chi connectivity index (χ3v) is 4.24. The van der Waals surface area contributed by atoms with Gasteiger partial charge in [-0.1, -0.05) is 0 Å². The van der Waals surface area contributed by atoms with Crippen LogP contribution in [-0.4, -0.2) is 31.1 Å². The Morgan fingerprint density at radius 2 is 1.88 bits per heavy atom. The van der Waals surface area contributed by atoms with E-state index in [0.29, 0.717) is 5.69 Å². The topological polar surface area (TPSA) is 134 Å². The number of halogens is 3. The zero-order valence-electron chi connectivity index (χ0n) is 12.4. The number of hydrogen-bond acceptors (Lipinski definition) is 7. The highest BCUT2D eigenvalue weighted by Crippen LogP contribution is 2.19. The first-order valence-electron chi connectivity index (χ1n) is 6.57. The lowest BCUT2D eigenvalue weighted by molar-refractivity contribution is -0.121. The fourth-order valence-electron chi connectivity index (χ4n) is 1.65. The van der Waals surface area contributed by atoms with Crippen molar-refractivity contribution in [2.45, 2.75) is 11.1 Å². The summed E-state index contributed by atoms with van der Waals surface area (Å²) in [5.74, 6) is 0.0397. The number of hydrogen-bond donors (Lipinski definition) is 3. The first-order valence-corrected chi connectivity index (χ1v) is 8.05. The Morgan fingerprint density at radius 3 is 2.40 bits per heavy atom. The van der Waals surface area contributed by atoms with E-state index in [2.05, 4.69) is 15.3 Å². The second kappa shape index (κ2) is 6.91. The van der Waals surface area contributed by atoms with Gasteiger partial charge in [0, 0.05) is 5.69 Å². The molecule has 0 saturated carbocycles. The van der Waals surface area contributed by atoms with E-state index < -0.39 is 22.7 Å². The van der Waals surface area contributed by atoms with Gasteiger partial charge in [-0.05, 0) is 24.3 Å². The highest BCUT2D eigenvalue weighted by Gasteiger charge is 2.30. The number of sulfonamides is 1. The minimum atomic E-state index is -4.65. The average Bonchev–Trinajstić information content (AvgIpc) is 2.53. The quantitative estimate of drug-likeness (QED) is 0.724. The van der Waals surface area contributed by atoms with E-state index in [1.807, 2.05) is 0 Å². The molecule has 8 nitrogen and oxygen atoms in total. The van der Waals surface area contributed by atoms with Gasteiger partial charge < -0.3 is 11.1 Å². The van der Waals surface area contributed by atoms with Crippen molar-refractivity contribution in [3.05, 3.63) is 36.0 Å². The average molecular weight is 372 g/mol. The van der Waals surface area contributed by atoms with E-state index >= 15 is 0 Å². The second-order valence-corrected chi connectivity index (χ2v) is 6.46. The van der Waals surface area contributed by atoms with Crippen LogP contribution < -0.4 is 15.8 Å². The number of aromatic nitrogens is 2. The van der Waals surface area contributed by atoms with Gasteiger partial charge in [0.15, 0.2) is 0 Å². The van der Waals surface area contributed by atoms with Gasteiger partial charge in [-0.2, -0.15) is 23.4 Å². The van der Waals surface area contributed by atoms with Crippen LogP contribution in [0.25, 0.3) is 0 Å². The van der Waals surface area contributed by atoms with E-state index in [4.69, 9.17) is 11.0 Å². The van der Waals surface area contributed by atoms with Gasteiger partial charge in [0.05, 0.1) is 11.1 Å². The molecule has 1 heterocycles. The number of anilines is 3. The Hall–Kier alpha value is -2.91. The molecule has 0 atom stereocenters. The van der Waals surface area contributed by atoms with Crippen molar-refractivity contribution < 1.29 is 21.6 Å². The van der Waals surface area contributed by atoms with E-state index in [0.717, 1.165) is 12.1 Å². The summed E-state index contributed by atoms with van der Waals surface area (Å²) in [5.41, 5.74) is 6.02. The minimum absolute atomic E-state index is 0.0319. The molecule has 1 aromatic heterocycles. The van der Waals surface area contributed by atoms with Crippen LogP contribution in [-0.2, 0) is 10.0 Å². The SMILES string of the molecule is N#Cc1cnc(Nc2ccc(S(=O)(=O)NCC(F)(F)F)cc2)nc1N. The zero-order chi connectivity index (χ0) is 18.7. The minimum Gasteiger partial charge on any atom is -0.382 e. The van der Waals surface area contributed by atoms with Crippen LogP contribution in [0.4, 0.5) is 30.6 Å². The van der Waals surface area contributed by atoms with E-state index in [1.54, 1.807) is 6.07 Å². The number of nitrogen functional groups attached to an aromatic ring is 1. The summed E-state index contributed by atoms with van der Waals surface area (Å²) in [6.07, 6.45) is -3.44. The molecule has 0 aliphatic rings. The lowest BCUT2D eigenvalue weighted by atomic mass is 10.3. The highest BCUT2D eigenvalue weighted by molar-refractivity contribution is 7.89. The molecule has 0 aliphatic heterocycles. The van der Waals surface area contributed by atoms with Crippen molar-refractivity contribution in [1.82, 2.24) is 14.7 Å². The van der Waals surface area contributed by atoms with Crippen molar-refractivity contribution in [3.8, 4) is 6.07 Å². The number of benzene rings is 1. The van der Waals surface area contributed by atoms with E-state index in [1.165, 1.54) is 23.1 Å². The lowest BCUT2D eigenvalue weighted by Crippen LogP contribution is -2.33. The molecule has 132 valence electrons. The first-order chi connectivity index (χ1) is 11.6. The Labute approximate surface area is 140 Å². The van der Waals surface area contributed by atoms with Gasteiger partial charge in [0.25, 0.3) is 0 Å². The molecule has 2 rings (SSSR count). The van der Waals surface area contributed by atoms with E-state index in [-0.39, 0.29) is 22.2 Å². The molecule has 1 aromatic carbocycles. The lowest BCUT2D eigenvalue weighted by Gasteiger charge is -2.10. The monoisotopic (exact) mass is 372 g/mol. The largest absolute Gasteiger partial charge is 0.402 e. The van der Waals surface area contributed by atoms with E-state index in [9.17, 15) is 21.6 Å². The Morgan fingerprint density at radius 1 is 1.24 bits per heavy atom. The van der Waals surface area contributed by atoms with Crippen molar-refractivity contribution in [3.63, 3.8) is 0 Å². The first kappa shape index (κ1) is 18.4. The Kier molecular flexibility index (Phi) is 5.10. The Balaban J connectivity index is 2.12. The molecule has 0 unspecified atom stereocenters. The molecule has 0 aliphatic carbocycles. The highest BCUT2D eigenvalue weighted by atomic mass is 32.2. The van der Waals surface area contributed by atoms with Gasteiger partial charge in [0.2, 0.25) is 16.0 Å². The summed E-state index contributed by atoms with van der Waals surface area (Å²) in [7, 11) is -4.28. The van der Waals surface area contributed by atoms with Crippen LogP contribution in [0.3, 0.4) is 0 Å². The number of nitrogens with one attached hydrogen (secondary N) is 2. The maximum atomic E-state index is 12.1. The molecule has 0 radical (unpaired) electrons. The summed E-state index contributed by atoms with van der Waals surface area (Å²) in [5, 5.41) is 11.5. The second-order valence-electron chi connectivity index (χ2n) is 4.69. The van der Waals surface area contributed by atoms with Crippen molar-refractivity contribution >= 4 is 27.5 Å². The number of nitriles is 1. The van der Waals surface area contributed by atoms with Crippen molar-refractivity contribution in [2.24, 2.45) is 0 Å². The molecule has 0 spiro atoms. The van der Waals surface area contributed by atoms with Gasteiger partial charge in [-0.25, -0.2) is 18.1 Å². The molecule has 0 saturated heterocycles. The molecular formula is C13H11F3N6O2S. The predicted octanol–water partition coefficient (Wildman–Crippen LogP) is 1.51. The molecule has 0 bridgehead atoms. The Bertz CT molecular complexity index is 907. The maximum absolute atomic E-state index is 12.1. The van der Waals surface area contributed by atoms with Gasteiger partial charge in [0.1, 0.15) is 24.0 Å². The van der Waals surface area contributed by atoms with Crippen LogP contribution in [0, 0.1) is 11.3 Å². The molecule has 4 N–H and O–H groups in total. The number of rotatable bonds is 5. The fraction of sp³-hybridized carbons (Fsp3) is 0.154. The van der Waals surface area contributed by atoms with Crippen molar-refractivity contribution in [2.75, 3.05) is 17.6 Å². The standard InChI is InChI=1S/C13H11F3N6O2S/c14-13(15,16)7-20-25(23,24)10-3-1-9(2-4-10)21-12-19-6-8(5-17)11(18)22-12/h1-4,6,20H,7H2,(H3,18,19,21,22). The molecule has 0 amide bonds. The summed E-state index contributed by atoms with van der Waals surface area (Å²) in [6.45, 7) is -1.66. The fourth-order valence-corrected chi connectivity index (χ4v) is 2.66. The predicted molar refractivity (Wildman–Crippen MR) is 82.1 cm³/mol. The number of nitrogens with two attached hydrogens (primary N) is 1. The molecule has 0 fully saturated rings. The van der Waals surface area contributed by atoms with Crippen LogP contribution in [0.5, 0.6) is 0 Å². The molecular weight excluding hydrogens is 361 g/mol. The molecule has 12 heteroatoms. The zero-order valence-corrected chi connectivity index (χ0v) is 13.2. The maximum Gasteiger partial charge on any atom is 0.402 e. The van der Waals surface area contributed by atoms with Crippen LogP contribution >= 0.6 is 0 Å². The van der Waals surface area contributed by atoms with Crippen LogP contribution in [0.1, 0.15) is 5.56 Å². The van der Waals surface area contributed by atoms with Gasteiger partial charge in [-0.15, -0.1) is 0 Å². The van der Waals surface area contributed by atoms with Crippen LogP contribution in [0.15, 0.2) is 35.4 Å². The normalized spacial score (nSPS) is 11.8. The number of nitrogens with zero attached hydrogens (tertiary/aromatic N) is 3. The number of alkyl halides is 3. The van der Waals surface area contributed by atoms with Gasteiger partial charge in [-0.3, -0.25) is 0 Å². The van der Waals surface area contributed by atoms with Gasteiger partial charge >= 0.3 is 6.18 Å². The third-order valence-electron chi connectivity index (χ3n) is 2.82. The summed E-state index contributed by atoms with van der Waals surface area (Å²) < 4.78 is 61.3. The molecule has 2 aromatic rings. The summed E-state index contributed by atoms with van der Waals surface area (Å²) in [6, 6.07) is 6.68. The third kappa shape index (κ3) is 5.03. The molecule has 25 heavy (non-hydrogen) atoms. The smallest absolute Gasteiger partial charge is 0.382 e. The summed E-state index contributed by atoms with van der Waals surface area (Å²) in [4.78, 5) is 7.37. The summed E-state index contributed by atoms with van der Waals surface area (Å²) >= 11 is 0. The van der Waals surface area contributed by atoms with Crippen LogP contribution in [0.2, 0.25) is 0 Å².